The number of sulfone groups is 1. The molecule has 1 saturated carbocycles. The third-order valence-electron chi connectivity index (χ3n) is 3.74. The highest BCUT2D eigenvalue weighted by atomic mass is 35.5. The smallest absolute Gasteiger partial charge is 0.155 e. The number of rotatable bonds is 5. The molecule has 1 aliphatic rings. The Morgan fingerprint density at radius 1 is 1.24 bits per heavy atom. The fourth-order valence-corrected chi connectivity index (χ4v) is 3.89. The number of hydrogen-bond acceptors (Lipinski definition) is 2. The minimum atomic E-state index is -2.98. The quantitative estimate of drug-likeness (QED) is 0.718. The summed E-state index contributed by atoms with van der Waals surface area (Å²) in [6.45, 7) is 5.28. The summed E-state index contributed by atoms with van der Waals surface area (Å²) < 4.78 is 23.2. The van der Waals surface area contributed by atoms with Crippen molar-refractivity contribution in [2.24, 2.45) is 5.92 Å². The van der Waals surface area contributed by atoms with Gasteiger partial charge in [-0.3, -0.25) is 0 Å². The molecule has 0 N–H and O–H groups in total. The van der Waals surface area contributed by atoms with Crippen molar-refractivity contribution in [3.05, 3.63) is 0 Å². The van der Waals surface area contributed by atoms with Crippen molar-refractivity contribution in [1.29, 1.82) is 0 Å². The van der Waals surface area contributed by atoms with Crippen molar-refractivity contribution in [3.63, 3.8) is 0 Å². The van der Waals surface area contributed by atoms with Crippen LogP contribution in [0.1, 0.15) is 59.3 Å². The SMILES string of the molecule is CC(C)(C)S(=O)(=O)CCCC(Cl)C1CCCC1. The van der Waals surface area contributed by atoms with Gasteiger partial charge in [-0.1, -0.05) is 12.8 Å². The summed E-state index contributed by atoms with van der Waals surface area (Å²) >= 11 is 6.34. The summed E-state index contributed by atoms with van der Waals surface area (Å²) in [5.74, 6) is 0.890. The van der Waals surface area contributed by atoms with Crippen LogP contribution >= 0.6 is 11.6 Å². The molecular weight excluding hydrogens is 256 g/mol. The van der Waals surface area contributed by atoms with E-state index in [-0.39, 0.29) is 11.1 Å². The largest absolute Gasteiger partial charge is 0.228 e. The van der Waals surface area contributed by atoms with Crippen LogP contribution in [0.3, 0.4) is 0 Å². The second-order valence-electron chi connectivity index (χ2n) is 6.13. The molecule has 17 heavy (non-hydrogen) atoms. The highest BCUT2D eigenvalue weighted by molar-refractivity contribution is 7.92. The Labute approximate surface area is 111 Å². The average molecular weight is 281 g/mol. The molecule has 0 aromatic rings. The van der Waals surface area contributed by atoms with E-state index in [9.17, 15) is 8.42 Å². The second-order valence-corrected chi connectivity index (χ2v) is 9.56. The van der Waals surface area contributed by atoms with Gasteiger partial charge in [0.25, 0.3) is 0 Å². The molecule has 0 spiro atoms. The van der Waals surface area contributed by atoms with Gasteiger partial charge in [-0.15, -0.1) is 11.6 Å². The van der Waals surface area contributed by atoms with Crippen molar-refractivity contribution < 1.29 is 8.42 Å². The fraction of sp³-hybridized carbons (Fsp3) is 1.00. The van der Waals surface area contributed by atoms with E-state index in [1.807, 2.05) is 0 Å². The van der Waals surface area contributed by atoms with Crippen LogP contribution in [-0.4, -0.2) is 24.3 Å². The number of hydrogen-bond donors (Lipinski definition) is 0. The third kappa shape index (κ3) is 4.44. The Morgan fingerprint density at radius 3 is 2.24 bits per heavy atom. The number of halogens is 1. The van der Waals surface area contributed by atoms with Gasteiger partial charge in [-0.2, -0.15) is 0 Å². The van der Waals surface area contributed by atoms with Gasteiger partial charge in [0, 0.05) is 5.38 Å². The molecule has 0 saturated heterocycles. The highest BCUT2D eigenvalue weighted by Gasteiger charge is 2.29. The molecule has 0 aliphatic heterocycles. The Morgan fingerprint density at radius 2 is 1.76 bits per heavy atom. The maximum absolute atomic E-state index is 11.9. The number of alkyl halides is 1. The van der Waals surface area contributed by atoms with Gasteiger partial charge in [-0.25, -0.2) is 8.42 Å². The topological polar surface area (TPSA) is 34.1 Å². The van der Waals surface area contributed by atoms with Crippen LogP contribution in [-0.2, 0) is 9.84 Å². The standard InChI is InChI=1S/C13H25ClO2S/c1-13(2,3)17(15,16)10-6-9-12(14)11-7-4-5-8-11/h11-12H,4-10H2,1-3H3. The van der Waals surface area contributed by atoms with Gasteiger partial charge in [0.1, 0.15) is 0 Å². The monoisotopic (exact) mass is 280 g/mol. The maximum atomic E-state index is 11.9. The fourth-order valence-electron chi connectivity index (χ4n) is 2.33. The minimum absolute atomic E-state index is 0.174. The van der Waals surface area contributed by atoms with E-state index in [0.717, 1.165) is 6.42 Å². The first-order chi connectivity index (χ1) is 7.74. The van der Waals surface area contributed by atoms with Crippen molar-refractivity contribution in [3.8, 4) is 0 Å². The van der Waals surface area contributed by atoms with Gasteiger partial charge < -0.3 is 0 Å². The molecule has 1 fully saturated rings. The molecule has 102 valence electrons. The van der Waals surface area contributed by atoms with E-state index in [1.165, 1.54) is 25.7 Å². The molecule has 1 aliphatic carbocycles. The zero-order valence-electron chi connectivity index (χ0n) is 11.2. The molecule has 1 rings (SSSR count). The molecule has 0 heterocycles. The molecule has 1 atom stereocenters. The van der Waals surface area contributed by atoms with Crippen molar-refractivity contribution in [2.75, 3.05) is 5.75 Å². The highest BCUT2D eigenvalue weighted by Crippen LogP contribution is 2.32. The Kier molecular flexibility index (Phi) is 5.33. The van der Waals surface area contributed by atoms with Gasteiger partial charge in [0.05, 0.1) is 10.5 Å². The molecule has 1 unspecified atom stereocenters. The lowest BCUT2D eigenvalue weighted by Crippen LogP contribution is -2.30. The molecule has 0 radical (unpaired) electrons. The zero-order valence-corrected chi connectivity index (χ0v) is 12.8. The average Bonchev–Trinajstić information content (AvgIpc) is 2.67. The van der Waals surface area contributed by atoms with Crippen molar-refractivity contribution >= 4 is 21.4 Å². The van der Waals surface area contributed by atoms with E-state index in [4.69, 9.17) is 11.6 Å². The normalized spacial score (nSPS) is 20.7. The summed E-state index contributed by atoms with van der Waals surface area (Å²) in [4.78, 5) is 0. The molecule has 0 aromatic carbocycles. The van der Waals surface area contributed by atoms with Crippen LogP contribution < -0.4 is 0 Å². The first-order valence-electron chi connectivity index (χ1n) is 6.60. The third-order valence-corrected chi connectivity index (χ3v) is 7.00. The predicted molar refractivity (Wildman–Crippen MR) is 74.4 cm³/mol. The van der Waals surface area contributed by atoms with E-state index in [0.29, 0.717) is 12.3 Å². The lowest BCUT2D eigenvalue weighted by molar-refractivity contribution is 0.486. The lowest BCUT2D eigenvalue weighted by atomic mass is 10.0. The van der Waals surface area contributed by atoms with E-state index in [2.05, 4.69) is 0 Å². The Hall–Kier alpha value is 0.240. The molecule has 0 amide bonds. The summed E-state index contributed by atoms with van der Waals surface area (Å²) in [5, 5.41) is 0.174. The first kappa shape index (κ1) is 15.3. The maximum Gasteiger partial charge on any atom is 0.155 e. The Bertz CT molecular complexity index is 324. The van der Waals surface area contributed by atoms with Gasteiger partial charge >= 0.3 is 0 Å². The molecule has 2 nitrogen and oxygen atoms in total. The van der Waals surface area contributed by atoms with Crippen LogP contribution in [0.5, 0.6) is 0 Å². The first-order valence-corrected chi connectivity index (χ1v) is 8.69. The van der Waals surface area contributed by atoms with E-state index < -0.39 is 14.6 Å². The van der Waals surface area contributed by atoms with Crippen LogP contribution in [0, 0.1) is 5.92 Å². The summed E-state index contributed by atoms with van der Waals surface area (Å²) in [6.07, 6.45) is 6.55. The summed E-state index contributed by atoms with van der Waals surface area (Å²) in [7, 11) is -2.98. The van der Waals surface area contributed by atoms with Crippen molar-refractivity contribution in [1.82, 2.24) is 0 Å². The molecule has 0 bridgehead atoms. The van der Waals surface area contributed by atoms with Crippen LogP contribution in [0.15, 0.2) is 0 Å². The lowest BCUT2D eigenvalue weighted by Gasteiger charge is -2.20. The second kappa shape index (κ2) is 5.92. The van der Waals surface area contributed by atoms with Crippen LogP contribution in [0.4, 0.5) is 0 Å². The zero-order chi connectivity index (χ0) is 13.1. The summed E-state index contributed by atoms with van der Waals surface area (Å²) in [6, 6.07) is 0. The van der Waals surface area contributed by atoms with Crippen LogP contribution in [0.25, 0.3) is 0 Å². The Balaban J connectivity index is 2.32. The van der Waals surface area contributed by atoms with Gasteiger partial charge in [0.15, 0.2) is 9.84 Å². The van der Waals surface area contributed by atoms with Gasteiger partial charge in [0.2, 0.25) is 0 Å². The van der Waals surface area contributed by atoms with Crippen LogP contribution in [0.2, 0.25) is 0 Å². The molecule has 0 aromatic heterocycles. The molecular formula is C13H25ClO2S. The van der Waals surface area contributed by atoms with E-state index >= 15 is 0 Å². The van der Waals surface area contributed by atoms with E-state index in [1.54, 1.807) is 20.8 Å². The predicted octanol–water partition coefficient (Wildman–Crippen LogP) is 3.78. The van der Waals surface area contributed by atoms with Gasteiger partial charge in [-0.05, 0) is 52.4 Å². The minimum Gasteiger partial charge on any atom is -0.228 e. The summed E-state index contributed by atoms with van der Waals surface area (Å²) in [5.41, 5.74) is 0. The van der Waals surface area contributed by atoms with Crippen molar-refractivity contribution in [2.45, 2.75) is 69.4 Å². The molecule has 4 heteroatoms.